The Balaban J connectivity index is 0.000000144. The van der Waals surface area contributed by atoms with Crippen LogP contribution in [0.25, 0.3) is 10.8 Å². The van der Waals surface area contributed by atoms with E-state index < -0.39 is 0 Å². The van der Waals surface area contributed by atoms with Gasteiger partial charge in [0.2, 0.25) is 0 Å². The fraction of sp³-hybridized carbons (Fsp3) is 0.0769. The van der Waals surface area contributed by atoms with Gasteiger partial charge in [-0.3, -0.25) is 0 Å². The Hall–Kier alpha value is -0.860. The quantitative estimate of drug-likeness (QED) is 0.602. The number of rotatable bonds is 0. The highest BCUT2D eigenvalue weighted by Crippen LogP contribution is 2.27. The summed E-state index contributed by atoms with van der Waals surface area (Å²) in [6.07, 6.45) is 2.16. The molecule has 0 fully saturated rings. The fourth-order valence-corrected chi connectivity index (χ4v) is 2.90. The zero-order valence-corrected chi connectivity index (χ0v) is 9.93. The second-order valence-corrected chi connectivity index (χ2v) is 5.42. The van der Waals surface area contributed by atoms with Crippen LogP contribution >= 0.6 is 21.6 Å². The summed E-state index contributed by atoms with van der Waals surface area (Å²) >= 11 is 0. The van der Waals surface area contributed by atoms with Crippen LogP contribution < -0.4 is 0 Å². The van der Waals surface area contributed by atoms with Crippen LogP contribution in [0.4, 0.5) is 0 Å². The van der Waals surface area contributed by atoms with Gasteiger partial charge in [0, 0.05) is 5.75 Å². The van der Waals surface area contributed by atoms with Gasteiger partial charge in [-0.05, 0) is 16.2 Å². The van der Waals surface area contributed by atoms with Crippen molar-refractivity contribution < 1.29 is 0 Å². The van der Waals surface area contributed by atoms with E-state index in [0.29, 0.717) is 0 Å². The molecule has 1 heterocycles. The van der Waals surface area contributed by atoms with Gasteiger partial charge in [0.15, 0.2) is 0 Å². The van der Waals surface area contributed by atoms with Gasteiger partial charge in [-0.15, -0.1) is 0 Å². The van der Waals surface area contributed by atoms with Crippen molar-refractivity contribution in [3.8, 4) is 0 Å². The van der Waals surface area contributed by atoms with E-state index in [0.717, 1.165) is 0 Å². The molecule has 15 heavy (non-hydrogen) atoms. The zero-order valence-electron chi connectivity index (χ0n) is 8.30. The van der Waals surface area contributed by atoms with Gasteiger partial charge in [-0.1, -0.05) is 76.2 Å². The maximum Gasteiger partial charge on any atom is 0.0229 e. The van der Waals surface area contributed by atoms with Crippen molar-refractivity contribution >= 4 is 32.4 Å². The lowest BCUT2D eigenvalue weighted by Crippen LogP contribution is -1.67. The molecule has 0 bridgehead atoms. The van der Waals surface area contributed by atoms with E-state index in [1.165, 1.54) is 16.5 Å². The molecule has 0 saturated carbocycles. The number of fused-ring (bicyclic) bond motifs is 1. The van der Waals surface area contributed by atoms with E-state index >= 15 is 0 Å². The van der Waals surface area contributed by atoms with Crippen LogP contribution in [0.3, 0.4) is 0 Å². The summed E-state index contributed by atoms with van der Waals surface area (Å²) in [6, 6.07) is 16.7. The SMILES string of the molecule is C1=CSSC1.c1ccc2ccccc2c1. The first kappa shape index (κ1) is 10.7. The fourth-order valence-electron chi connectivity index (χ4n) is 1.33. The van der Waals surface area contributed by atoms with E-state index in [9.17, 15) is 0 Å². The molecule has 0 spiro atoms. The normalized spacial score (nSPS) is 13.6. The van der Waals surface area contributed by atoms with Gasteiger partial charge in [0.25, 0.3) is 0 Å². The van der Waals surface area contributed by atoms with E-state index in [4.69, 9.17) is 0 Å². The van der Waals surface area contributed by atoms with Crippen LogP contribution in [0, 0.1) is 0 Å². The van der Waals surface area contributed by atoms with Gasteiger partial charge < -0.3 is 0 Å². The van der Waals surface area contributed by atoms with Crippen molar-refractivity contribution in [1.82, 2.24) is 0 Å². The predicted molar refractivity (Wildman–Crippen MR) is 73.1 cm³/mol. The maximum atomic E-state index is 2.16. The molecule has 2 aromatic rings. The molecular formula is C13H12S2. The molecule has 0 saturated heterocycles. The molecule has 2 aromatic carbocycles. The highest BCUT2D eigenvalue weighted by atomic mass is 33.1. The summed E-state index contributed by atoms with van der Waals surface area (Å²) in [5.41, 5.74) is 0. The number of hydrogen-bond acceptors (Lipinski definition) is 2. The highest BCUT2D eigenvalue weighted by Gasteiger charge is 1.86. The van der Waals surface area contributed by atoms with E-state index in [2.05, 4.69) is 60.0 Å². The van der Waals surface area contributed by atoms with Crippen LogP contribution in [0.5, 0.6) is 0 Å². The topological polar surface area (TPSA) is 0 Å². The molecule has 1 aliphatic heterocycles. The molecule has 0 radical (unpaired) electrons. The molecule has 0 nitrogen and oxygen atoms in total. The molecular weight excluding hydrogens is 220 g/mol. The molecule has 76 valence electrons. The summed E-state index contributed by atoms with van der Waals surface area (Å²) < 4.78 is 0. The molecule has 0 atom stereocenters. The monoisotopic (exact) mass is 232 g/mol. The minimum Gasteiger partial charge on any atom is -0.0854 e. The Morgan fingerprint density at radius 3 is 1.60 bits per heavy atom. The molecule has 0 amide bonds. The molecule has 0 N–H and O–H groups in total. The zero-order chi connectivity index (χ0) is 10.3. The van der Waals surface area contributed by atoms with Gasteiger partial charge in [0.05, 0.1) is 0 Å². The van der Waals surface area contributed by atoms with Crippen LogP contribution in [0.15, 0.2) is 60.0 Å². The Morgan fingerprint density at radius 1 is 0.800 bits per heavy atom. The summed E-state index contributed by atoms with van der Waals surface area (Å²) in [7, 11) is 3.69. The minimum atomic E-state index is 1.20. The molecule has 0 unspecified atom stereocenters. The second kappa shape index (κ2) is 5.89. The largest absolute Gasteiger partial charge is 0.0854 e. The first-order chi connectivity index (χ1) is 7.47. The lowest BCUT2D eigenvalue weighted by molar-refractivity contribution is 1.75. The van der Waals surface area contributed by atoms with Gasteiger partial charge in [-0.25, -0.2) is 0 Å². The highest BCUT2D eigenvalue weighted by molar-refractivity contribution is 8.78. The summed E-state index contributed by atoms with van der Waals surface area (Å²) in [4.78, 5) is 0. The van der Waals surface area contributed by atoms with Crippen molar-refractivity contribution in [1.29, 1.82) is 0 Å². The van der Waals surface area contributed by atoms with Crippen LogP contribution in [0.1, 0.15) is 0 Å². The molecule has 2 heteroatoms. The smallest absolute Gasteiger partial charge is 0.0229 e. The van der Waals surface area contributed by atoms with E-state index in [1.54, 1.807) is 0 Å². The Morgan fingerprint density at radius 2 is 1.33 bits per heavy atom. The summed E-state index contributed by atoms with van der Waals surface area (Å²) in [5.74, 6) is 1.20. The van der Waals surface area contributed by atoms with Crippen LogP contribution in [-0.2, 0) is 0 Å². The van der Waals surface area contributed by atoms with Gasteiger partial charge in [-0.2, -0.15) is 0 Å². The molecule has 0 aromatic heterocycles. The Bertz CT molecular complexity index is 377. The van der Waals surface area contributed by atoms with Crippen molar-refractivity contribution in [2.75, 3.05) is 5.75 Å². The van der Waals surface area contributed by atoms with Crippen molar-refractivity contribution in [2.24, 2.45) is 0 Å². The standard InChI is InChI=1S/C10H8.C3H4S2/c1-2-6-10-8-4-3-7-9(10)5-1;1-2-4-5-3-1/h1-8H;1-2H,3H2. The molecule has 0 aliphatic carbocycles. The van der Waals surface area contributed by atoms with Crippen LogP contribution in [0.2, 0.25) is 0 Å². The van der Waals surface area contributed by atoms with Gasteiger partial charge >= 0.3 is 0 Å². The van der Waals surface area contributed by atoms with Crippen molar-refractivity contribution in [2.45, 2.75) is 0 Å². The lowest BCUT2D eigenvalue weighted by Gasteiger charge is -1.92. The third-order valence-electron chi connectivity index (χ3n) is 2.04. The van der Waals surface area contributed by atoms with E-state index in [-0.39, 0.29) is 0 Å². The average molecular weight is 232 g/mol. The summed E-state index contributed by atoms with van der Waals surface area (Å²) in [5, 5.41) is 4.74. The van der Waals surface area contributed by atoms with Crippen LogP contribution in [-0.4, -0.2) is 5.75 Å². The lowest BCUT2D eigenvalue weighted by atomic mass is 10.1. The molecule has 3 rings (SSSR count). The predicted octanol–water partition coefficient (Wildman–Crippen LogP) is 4.73. The molecule has 1 aliphatic rings. The summed E-state index contributed by atoms with van der Waals surface area (Å²) in [6.45, 7) is 0. The van der Waals surface area contributed by atoms with Gasteiger partial charge in [0.1, 0.15) is 0 Å². The Labute approximate surface area is 98.2 Å². The third kappa shape index (κ3) is 3.33. The first-order valence-electron chi connectivity index (χ1n) is 4.84. The second-order valence-electron chi connectivity index (χ2n) is 3.10. The van der Waals surface area contributed by atoms with Crippen molar-refractivity contribution in [3.63, 3.8) is 0 Å². The third-order valence-corrected chi connectivity index (χ3v) is 3.96. The number of benzene rings is 2. The minimum absolute atomic E-state index is 1.20. The Kier molecular flexibility index (Phi) is 4.18. The first-order valence-corrected chi connectivity index (χ1v) is 7.22. The maximum absolute atomic E-state index is 2.16. The average Bonchev–Trinajstić information content (AvgIpc) is 2.88. The number of hydrogen-bond donors (Lipinski definition) is 0. The van der Waals surface area contributed by atoms with E-state index in [1.807, 2.05) is 21.6 Å². The van der Waals surface area contributed by atoms with Crippen molar-refractivity contribution in [3.05, 3.63) is 60.0 Å².